The van der Waals surface area contributed by atoms with E-state index in [4.69, 9.17) is 5.73 Å². The van der Waals surface area contributed by atoms with Crippen LogP contribution in [-0.4, -0.2) is 32.1 Å². The fourth-order valence-corrected chi connectivity index (χ4v) is 0.774. The number of hydrogen-bond donors (Lipinski definition) is 2. The molecule has 3 N–H and O–H groups in total. The van der Waals surface area contributed by atoms with E-state index in [1.807, 2.05) is 30.3 Å². The first kappa shape index (κ1) is 19.5. The van der Waals surface area contributed by atoms with Crippen LogP contribution in [0, 0.1) is 38.0 Å². The van der Waals surface area contributed by atoms with E-state index in [0.717, 1.165) is 5.56 Å². The van der Waals surface area contributed by atoms with Gasteiger partial charge in [-0.25, -0.2) is 6.29 Å². The minimum atomic E-state index is -0.314. The molecule has 1 amide bonds. The van der Waals surface area contributed by atoms with E-state index in [2.05, 4.69) is 17.0 Å². The first-order valence-electron chi connectivity index (χ1n) is 4.97. The number of hydrogen-bond acceptors (Lipinski definition) is 4. The Morgan fingerprint density at radius 3 is 2.39 bits per heavy atom. The second kappa shape index (κ2) is 14.3. The molecule has 1 rings (SSSR count). The summed E-state index contributed by atoms with van der Waals surface area (Å²) in [6.45, 7) is 3.52. The van der Waals surface area contributed by atoms with Gasteiger partial charge in [-0.15, -0.1) is 12.1 Å². The average molecular weight is 474 g/mol. The van der Waals surface area contributed by atoms with Crippen LogP contribution < -0.4 is 11.1 Å². The van der Waals surface area contributed by atoms with E-state index >= 15 is 0 Å². The summed E-state index contributed by atoms with van der Waals surface area (Å²) >= 11 is 0. The fourth-order valence-electron chi connectivity index (χ4n) is 0.774. The van der Waals surface area contributed by atoms with Gasteiger partial charge in [0.25, 0.3) is 0 Å². The summed E-state index contributed by atoms with van der Waals surface area (Å²) in [5.41, 5.74) is 6.01. The Hall–Kier alpha value is -0.798. The van der Waals surface area contributed by atoms with Gasteiger partial charge in [0, 0.05) is 0 Å². The Balaban J connectivity index is 0. The Morgan fingerprint density at radius 1 is 1.39 bits per heavy atom. The number of amides is 1. The molecule has 0 fully saturated rings. The smallest absolute Gasteiger partial charge is 0.540 e. The molecule has 0 aliphatic carbocycles. The van der Waals surface area contributed by atoms with E-state index in [9.17, 15) is 9.59 Å². The zero-order valence-corrected chi connectivity index (χ0v) is 14.2. The molecule has 5 nitrogen and oxygen atoms in total. The zero-order chi connectivity index (χ0) is 12.9. The van der Waals surface area contributed by atoms with Crippen molar-refractivity contribution in [2.75, 3.05) is 19.9 Å². The molecule has 0 unspecified atom stereocenters. The molecule has 0 aliphatic rings. The number of ether oxygens (including phenoxy) is 1. The number of benzene rings is 1. The Kier molecular flexibility index (Phi) is 15.5. The van der Waals surface area contributed by atoms with Gasteiger partial charge < -0.3 is 20.6 Å². The molecule has 1 aromatic carbocycles. The van der Waals surface area contributed by atoms with Gasteiger partial charge in [-0.1, -0.05) is 6.07 Å². The largest absolute Gasteiger partial charge is 2.00 e. The van der Waals surface area contributed by atoms with Crippen molar-refractivity contribution in [2.24, 2.45) is 5.73 Å². The van der Waals surface area contributed by atoms with Crippen LogP contribution in [0.1, 0.15) is 5.56 Å². The van der Waals surface area contributed by atoms with Crippen LogP contribution in [0.5, 0.6) is 0 Å². The molecule has 1 aromatic rings. The number of carbonyl (C=O) groups is 1. The molecule has 96 valence electrons. The quantitative estimate of drug-likeness (QED) is 0.358. The third-order valence-electron chi connectivity index (χ3n) is 1.56. The minimum absolute atomic E-state index is 0. The monoisotopic (exact) mass is 474 g/mol. The average Bonchev–Trinajstić information content (AvgIpc) is 2.36. The van der Waals surface area contributed by atoms with Crippen molar-refractivity contribution in [1.82, 2.24) is 5.32 Å². The molecule has 0 saturated carbocycles. The number of nitrogens with one attached hydrogen (secondary N) is 1. The summed E-state index contributed by atoms with van der Waals surface area (Å²) in [5.74, 6) is -0.314. The molecular weight excluding hydrogens is 458 g/mol. The zero-order valence-electron chi connectivity index (χ0n) is 10.0. The molecule has 6 heteroatoms. The van der Waals surface area contributed by atoms with Gasteiger partial charge in [0.2, 0.25) is 5.91 Å². The predicted molar refractivity (Wildman–Crippen MR) is 64.6 cm³/mol. The van der Waals surface area contributed by atoms with Crippen molar-refractivity contribution >= 4 is 12.2 Å². The van der Waals surface area contributed by atoms with Crippen molar-refractivity contribution in [1.29, 1.82) is 0 Å². The maximum Gasteiger partial charge on any atom is 2.00 e. The predicted octanol–water partition coefficient (Wildman–Crippen LogP) is 0.0139. The topological polar surface area (TPSA) is 81.4 Å². The van der Waals surface area contributed by atoms with Gasteiger partial charge in [0.15, 0.2) is 0 Å². The Labute approximate surface area is 131 Å². The second-order valence-corrected chi connectivity index (χ2v) is 2.93. The maximum absolute atomic E-state index is 10.4. The summed E-state index contributed by atoms with van der Waals surface area (Å²) in [6.07, 6.45) is 1.50. The van der Waals surface area contributed by atoms with Crippen LogP contribution in [0.2, 0.25) is 0 Å². The molecule has 0 aliphatic heterocycles. The van der Waals surface area contributed by atoms with Gasteiger partial charge >= 0.3 is 31.1 Å². The van der Waals surface area contributed by atoms with Crippen LogP contribution in [0.15, 0.2) is 30.3 Å². The Morgan fingerprint density at radius 2 is 2.00 bits per heavy atom. The van der Waals surface area contributed by atoms with E-state index in [-0.39, 0.29) is 56.9 Å². The van der Waals surface area contributed by atoms with E-state index < -0.39 is 0 Å². The molecule has 0 saturated heterocycles. The van der Waals surface area contributed by atoms with Crippen molar-refractivity contribution in [3.05, 3.63) is 42.8 Å². The fraction of sp³-hybridized carbons (Fsp3) is 0.250. The first-order valence-corrected chi connectivity index (χ1v) is 4.97. The first-order chi connectivity index (χ1) is 8.20. The SMILES string of the molecule is NCC(=O)NCOC[C-]=O.[CH2-]c1ccccc1.[U+2]. The van der Waals surface area contributed by atoms with Gasteiger partial charge in [0.1, 0.15) is 6.73 Å². The molecule has 0 aromatic heterocycles. The van der Waals surface area contributed by atoms with Crippen molar-refractivity contribution < 1.29 is 45.4 Å². The number of carbonyl (C=O) groups excluding carboxylic acids is 2. The third-order valence-corrected chi connectivity index (χ3v) is 1.56. The molecule has 0 spiro atoms. The number of nitrogens with two attached hydrogens (primary N) is 1. The van der Waals surface area contributed by atoms with Gasteiger partial charge in [0.05, 0.1) is 6.54 Å². The van der Waals surface area contributed by atoms with Gasteiger partial charge in [-0.2, -0.15) is 24.6 Å². The van der Waals surface area contributed by atoms with Crippen LogP contribution in [-0.2, 0) is 14.3 Å². The normalized spacial score (nSPS) is 8.28. The summed E-state index contributed by atoms with van der Waals surface area (Å²) in [6, 6.07) is 9.87. The van der Waals surface area contributed by atoms with Crippen LogP contribution >= 0.6 is 0 Å². The molecule has 0 heterocycles. The van der Waals surface area contributed by atoms with Crippen LogP contribution in [0.4, 0.5) is 0 Å². The molecular formula is C12H16N2O3U. The third kappa shape index (κ3) is 13.3. The van der Waals surface area contributed by atoms with Crippen molar-refractivity contribution in [2.45, 2.75) is 0 Å². The molecule has 0 atom stereocenters. The molecule has 0 radical (unpaired) electrons. The molecule has 0 bridgehead atoms. The maximum atomic E-state index is 10.4. The Bertz CT molecular complexity index is 320. The summed E-state index contributed by atoms with van der Waals surface area (Å²) in [4.78, 5) is 19.9. The van der Waals surface area contributed by atoms with E-state index in [0.29, 0.717) is 0 Å². The summed E-state index contributed by atoms with van der Waals surface area (Å²) in [5, 5.41) is 2.30. The van der Waals surface area contributed by atoms with Gasteiger partial charge in [-0.3, -0.25) is 4.79 Å². The summed E-state index contributed by atoms with van der Waals surface area (Å²) < 4.78 is 4.54. The number of rotatable bonds is 5. The van der Waals surface area contributed by atoms with Crippen LogP contribution in [0.3, 0.4) is 0 Å². The van der Waals surface area contributed by atoms with Crippen molar-refractivity contribution in [3.63, 3.8) is 0 Å². The second-order valence-electron chi connectivity index (χ2n) is 2.93. The van der Waals surface area contributed by atoms with E-state index in [1.54, 1.807) is 0 Å². The van der Waals surface area contributed by atoms with Crippen molar-refractivity contribution in [3.8, 4) is 0 Å². The van der Waals surface area contributed by atoms with E-state index in [1.165, 1.54) is 6.29 Å². The minimum Gasteiger partial charge on any atom is -0.540 e. The van der Waals surface area contributed by atoms with Gasteiger partial charge in [-0.05, 0) is 6.61 Å². The standard InChI is InChI=1S/C7H7.C5H9N2O3.U/c1-7-5-3-2-4-6-7;6-3-5(9)7-4-10-2-1-8;/h2-6H,1H2;2-4,6H2,(H,7,9);/q2*-1;+2. The van der Waals surface area contributed by atoms with Crippen LogP contribution in [0.25, 0.3) is 0 Å². The molecule has 18 heavy (non-hydrogen) atoms. The summed E-state index contributed by atoms with van der Waals surface area (Å²) in [7, 11) is 0.